The summed E-state index contributed by atoms with van der Waals surface area (Å²) in [5.41, 5.74) is 0. The van der Waals surface area contributed by atoms with Gasteiger partial charge in [-0.25, -0.2) is 0 Å². The van der Waals surface area contributed by atoms with E-state index in [4.69, 9.17) is 14.2 Å². The molecule has 0 aromatic heterocycles. The summed E-state index contributed by atoms with van der Waals surface area (Å²) in [6.07, 6.45) is 58.1. The standard InChI is InChI=1S/C61H118O6/c1-6-7-8-9-10-11-24-31-36-41-46-51-59(62)65-54-58(67-61(64)53-48-43-38-33-28-23-19-18-21-26-30-35-40-45-50-57(4)5)55-66-60(63)52-47-42-37-32-27-22-17-15-13-12-14-16-20-25-29-34-39-44-49-56(2)3/h56-58H,6-55H2,1-5H3/t58-/m0/s1. The minimum atomic E-state index is -0.762. The van der Waals surface area contributed by atoms with Crippen LogP contribution in [0.1, 0.15) is 343 Å². The maximum Gasteiger partial charge on any atom is 0.306 e. The molecule has 0 aliphatic carbocycles. The van der Waals surface area contributed by atoms with E-state index < -0.39 is 6.10 Å². The van der Waals surface area contributed by atoms with Crippen LogP contribution in [0, 0.1) is 11.8 Å². The Kier molecular flexibility index (Phi) is 52.5. The van der Waals surface area contributed by atoms with Crippen LogP contribution in [0.2, 0.25) is 0 Å². The van der Waals surface area contributed by atoms with Crippen LogP contribution in [0.4, 0.5) is 0 Å². The number of rotatable bonds is 55. The average molecular weight is 948 g/mol. The molecule has 0 fully saturated rings. The molecular weight excluding hydrogens is 829 g/mol. The number of carbonyl (C=O) groups is 3. The zero-order chi connectivity index (χ0) is 48.9. The van der Waals surface area contributed by atoms with Crippen molar-refractivity contribution in [1.82, 2.24) is 0 Å². The van der Waals surface area contributed by atoms with Crippen LogP contribution in [0.15, 0.2) is 0 Å². The first-order valence-electron chi connectivity index (χ1n) is 30.2. The van der Waals surface area contributed by atoms with Gasteiger partial charge in [0.2, 0.25) is 0 Å². The average Bonchev–Trinajstić information content (AvgIpc) is 3.30. The summed E-state index contributed by atoms with van der Waals surface area (Å²) in [6, 6.07) is 0. The van der Waals surface area contributed by atoms with Crippen molar-refractivity contribution in [3.63, 3.8) is 0 Å². The molecule has 6 nitrogen and oxygen atoms in total. The largest absolute Gasteiger partial charge is 0.462 e. The van der Waals surface area contributed by atoms with Gasteiger partial charge in [-0.05, 0) is 31.1 Å². The quantitative estimate of drug-likeness (QED) is 0.0343. The third kappa shape index (κ3) is 55.2. The Morgan fingerprint density at radius 1 is 0.284 bits per heavy atom. The molecule has 0 heterocycles. The smallest absolute Gasteiger partial charge is 0.306 e. The van der Waals surface area contributed by atoms with Crippen LogP contribution >= 0.6 is 0 Å². The zero-order valence-corrected chi connectivity index (χ0v) is 46.0. The van der Waals surface area contributed by atoms with E-state index in [1.165, 1.54) is 231 Å². The first-order valence-corrected chi connectivity index (χ1v) is 30.2. The van der Waals surface area contributed by atoms with Gasteiger partial charge in [0.25, 0.3) is 0 Å². The van der Waals surface area contributed by atoms with Crippen molar-refractivity contribution in [2.75, 3.05) is 13.2 Å². The SMILES string of the molecule is CCCCCCCCCCCCCC(=O)OC[C@@H](COC(=O)CCCCCCCCCCCCCCCCCCCCC(C)C)OC(=O)CCCCCCCCCCCCCCCCC(C)C. The molecule has 1 atom stereocenters. The monoisotopic (exact) mass is 947 g/mol. The normalized spacial score (nSPS) is 12.0. The molecule has 0 saturated heterocycles. The highest BCUT2D eigenvalue weighted by Gasteiger charge is 2.19. The topological polar surface area (TPSA) is 78.9 Å². The third-order valence-corrected chi connectivity index (χ3v) is 14.0. The molecule has 0 rings (SSSR count). The van der Waals surface area contributed by atoms with E-state index in [1.807, 2.05) is 0 Å². The van der Waals surface area contributed by atoms with Gasteiger partial charge in [0.1, 0.15) is 13.2 Å². The minimum absolute atomic E-state index is 0.0622. The highest BCUT2D eigenvalue weighted by atomic mass is 16.6. The lowest BCUT2D eigenvalue weighted by molar-refractivity contribution is -0.167. The van der Waals surface area contributed by atoms with Crippen LogP contribution in [-0.4, -0.2) is 37.2 Å². The number of carbonyl (C=O) groups excluding carboxylic acids is 3. The molecule has 6 heteroatoms. The van der Waals surface area contributed by atoms with Crippen molar-refractivity contribution in [1.29, 1.82) is 0 Å². The van der Waals surface area contributed by atoms with Crippen LogP contribution in [-0.2, 0) is 28.6 Å². The molecule has 0 bridgehead atoms. The van der Waals surface area contributed by atoms with Gasteiger partial charge >= 0.3 is 17.9 Å². The molecule has 67 heavy (non-hydrogen) atoms. The number of hydrogen-bond donors (Lipinski definition) is 0. The van der Waals surface area contributed by atoms with Gasteiger partial charge in [0.15, 0.2) is 6.10 Å². The highest BCUT2D eigenvalue weighted by molar-refractivity contribution is 5.71. The van der Waals surface area contributed by atoms with Crippen molar-refractivity contribution in [2.45, 2.75) is 349 Å². The molecule has 0 aromatic carbocycles. The summed E-state index contributed by atoms with van der Waals surface area (Å²) < 4.78 is 16.9. The van der Waals surface area contributed by atoms with Crippen LogP contribution < -0.4 is 0 Å². The molecule has 0 spiro atoms. The van der Waals surface area contributed by atoms with Crippen molar-refractivity contribution in [2.24, 2.45) is 11.8 Å². The molecule has 0 radical (unpaired) electrons. The van der Waals surface area contributed by atoms with E-state index in [9.17, 15) is 14.4 Å². The van der Waals surface area contributed by atoms with Crippen LogP contribution in [0.3, 0.4) is 0 Å². The van der Waals surface area contributed by atoms with E-state index in [2.05, 4.69) is 34.6 Å². The van der Waals surface area contributed by atoms with Gasteiger partial charge in [0, 0.05) is 19.3 Å². The van der Waals surface area contributed by atoms with Gasteiger partial charge in [-0.2, -0.15) is 0 Å². The maximum absolute atomic E-state index is 12.9. The van der Waals surface area contributed by atoms with Gasteiger partial charge in [-0.3, -0.25) is 14.4 Å². The zero-order valence-electron chi connectivity index (χ0n) is 46.0. The maximum atomic E-state index is 12.9. The van der Waals surface area contributed by atoms with Crippen molar-refractivity contribution in [3.8, 4) is 0 Å². The number of hydrogen-bond acceptors (Lipinski definition) is 6. The van der Waals surface area contributed by atoms with Gasteiger partial charge < -0.3 is 14.2 Å². The van der Waals surface area contributed by atoms with Gasteiger partial charge in [-0.15, -0.1) is 0 Å². The highest BCUT2D eigenvalue weighted by Crippen LogP contribution is 2.19. The predicted octanol–water partition coefficient (Wildman–Crippen LogP) is 20.0. The molecule has 398 valence electrons. The molecular formula is C61H118O6. The Morgan fingerprint density at radius 2 is 0.493 bits per heavy atom. The summed E-state index contributed by atoms with van der Waals surface area (Å²) in [6.45, 7) is 11.4. The summed E-state index contributed by atoms with van der Waals surface area (Å²) in [5.74, 6) is 0.866. The Morgan fingerprint density at radius 3 is 0.731 bits per heavy atom. The molecule has 0 aliphatic heterocycles. The van der Waals surface area contributed by atoms with E-state index in [1.54, 1.807) is 0 Å². The molecule has 0 aliphatic rings. The fourth-order valence-corrected chi connectivity index (χ4v) is 9.40. The van der Waals surface area contributed by atoms with Crippen LogP contribution in [0.5, 0.6) is 0 Å². The summed E-state index contributed by atoms with van der Waals surface area (Å²) in [5, 5.41) is 0. The van der Waals surface area contributed by atoms with Gasteiger partial charge in [-0.1, -0.05) is 304 Å². The fraction of sp³-hybridized carbons (Fsp3) is 0.951. The summed E-state index contributed by atoms with van der Waals surface area (Å²) in [7, 11) is 0. The lowest BCUT2D eigenvalue weighted by Crippen LogP contribution is -2.30. The minimum Gasteiger partial charge on any atom is -0.462 e. The number of ether oxygens (including phenoxy) is 3. The first kappa shape index (κ1) is 65.4. The van der Waals surface area contributed by atoms with E-state index in [0.29, 0.717) is 19.3 Å². The van der Waals surface area contributed by atoms with E-state index in [0.717, 1.165) is 69.6 Å². The second kappa shape index (κ2) is 53.8. The Bertz CT molecular complexity index is 1020. The fourth-order valence-electron chi connectivity index (χ4n) is 9.40. The predicted molar refractivity (Wildman–Crippen MR) is 289 cm³/mol. The molecule has 0 saturated carbocycles. The summed E-state index contributed by atoms with van der Waals surface area (Å²) in [4.78, 5) is 38.2. The second-order valence-corrected chi connectivity index (χ2v) is 21.9. The number of unbranched alkanes of at least 4 members (excludes halogenated alkanes) is 40. The number of esters is 3. The molecule has 0 aromatic rings. The van der Waals surface area contributed by atoms with E-state index >= 15 is 0 Å². The third-order valence-electron chi connectivity index (χ3n) is 14.0. The van der Waals surface area contributed by atoms with Crippen molar-refractivity contribution < 1.29 is 28.6 Å². The van der Waals surface area contributed by atoms with Gasteiger partial charge in [0.05, 0.1) is 0 Å². The van der Waals surface area contributed by atoms with Crippen molar-refractivity contribution in [3.05, 3.63) is 0 Å². The van der Waals surface area contributed by atoms with Crippen LogP contribution in [0.25, 0.3) is 0 Å². The lowest BCUT2D eigenvalue weighted by Gasteiger charge is -2.18. The lowest BCUT2D eigenvalue weighted by atomic mass is 10.0. The Balaban J connectivity index is 4.22. The molecule has 0 unspecified atom stereocenters. The molecule has 0 N–H and O–H groups in total. The first-order chi connectivity index (χ1) is 32.7. The van der Waals surface area contributed by atoms with E-state index in [-0.39, 0.29) is 31.1 Å². The Labute approximate surface area is 418 Å². The second-order valence-electron chi connectivity index (χ2n) is 21.9. The summed E-state index contributed by atoms with van der Waals surface area (Å²) >= 11 is 0. The molecule has 0 amide bonds. The van der Waals surface area contributed by atoms with Crippen molar-refractivity contribution >= 4 is 17.9 Å². The Hall–Kier alpha value is -1.59.